The van der Waals surface area contributed by atoms with Gasteiger partial charge in [0, 0.05) is 11.4 Å². The molecule has 0 radical (unpaired) electrons. The normalized spacial score (nSPS) is 16.4. The molecule has 0 bridgehead atoms. The maximum atomic E-state index is 13.1. The summed E-state index contributed by atoms with van der Waals surface area (Å²) in [6, 6.07) is 17.5. The highest BCUT2D eigenvalue weighted by Crippen LogP contribution is 2.46. The van der Waals surface area contributed by atoms with Crippen molar-refractivity contribution in [1.82, 2.24) is 0 Å². The van der Waals surface area contributed by atoms with Crippen LogP contribution in [0.25, 0.3) is 0 Å². The minimum atomic E-state index is -0.308. The second-order valence-electron chi connectivity index (χ2n) is 6.04. The quantitative estimate of drug-likeness (QED) is 0.802. The highest BCUT2D eigenvalue weighted by atomic mass is 32.2. The van der Waals surface area contributed by atoms with Gasteiger partial charge in [-0.15, -0.1) is 11.8 Å². The smallest absolute Gasteiger partial charge is 0.245 e. The first kappa shape index (κ1) is 17.5. The van der Waals surface area contributed by atoms with Gasteiger partial charge in [-0.1, -0.05) is 30.7 Å². The van der Waals surface area contributed by atoms with Gasteiger partial charge in [0.15, 0.2) is 0 Å². The van der Waals surface area contributed by atoms with E-state index in [1.807, 2.05) is 41.3 Å². The van der Waals surface area contributed by atoms with E-state index in [0.29, 0.717) is 18.7 Å². The zero-order chi connectivity index (χ0) is 17.6. The molecule has 0 aliphatic carbocycles. The molecule has 0 saturated heterocycles. The highest BCUT2D eigenvalue weighted by molar-refractivity contribution is 8.00. The molecule has 1 unspecified atom stereocenters. The van der Waals surface area contributed by atoms with E-state index in [0.717, 1.165) is 35.4 Å². The molecule has 0 saturated carbocycles. The van der Waals surface area contributed by atoms with Crippen LogP contribution in [0.5, 0.6) is 0 Å². The Labute approximate surface area is 152 Å². The predicted octanol–water partition coefficient (Wildman–Crippen LogP) is 3.87. The zero-order valence-electron chi connectivity index (χ0n) is 14.0. The van der Waals surface area contributed by atoms with Crippen LogP contribution in [-0.4, -0.2) is 19.0 Å². The monoisotopic (exact) mass is 351 g/mol. The van der Waals surface area contributed by atoms with Crippen LogP contribution in [0.2, 0.25) is 0 Å². The summed E-state index contributed by atoms with van der Waals surface area (Å²) in [7, 11) is 0. The molecule has 1 atom stereocenters. The molecule has 2 aromatic rings. The first-order chi connectivity index (χ1) is 12.2. The highest BCUT2D eigenvalue weighted by Gasteiger charge is 2.34. The van der Waals surface area contributed by atoms with E-state index in [2.05, 4.69) is 12.1 Å². The molecule has 5 heteroatoms. The lowest BCUT2D eigenvalue weighted by Crippen LogP contribution is -2.38. The third-order valence-electron chi connectivity index (χ3n) is 4.30. The lowest BCUT2D eigenvalue weighted by molar-refractivity contribution is -0.118. The number of nitrogens with two attached hydrogens (primary N) is 1. The molecule has 1 aliphatic heterocycles. The van der Waals surface area contributed by atoms with E-state index < -0.39 is 0 Å². The van der Waals surface area contributed by atoms with E-state index in [-0.39, 0.29) is 11.2 Å². The number of nitrogens with zero attached hydrogens (tertiary/aromatic N) is 2. The first-order valence-corrected chi connectivity index (χ1v) is 9.39. The number of carbonyl (C=O) groups excluding carboxylic acids is 1. The zero-order valence-corrected chi connectivity index (χ0v) is 14.8. The number of carbonyl (C=O) groups is 1. The molecule has 128 valence electrons. The molecule has 1 heterocycles. The minimum Gasteiger partial charge on any atom is -0.330 e. The largest absolute Gasteiger partial charge is 0.330 e. The Morgan fingerprint density at radius 2 is 1.96 bits per heavy atom. The van der Waals surface area contributed by atoms with Crippen molar-refractivity contribution in [3.8, 4) is 6.07 Å². The van der Waals surface area contributed by atoms with Gasteiger partial charge >= 0.3 is 0 Å². The lowest BCUT2D eigenvalue weighted by atomic mass is 10.1. The fourth-order valence-electron chi connectivity index (χ4n) is 3.02. The molecule has 1 amide bonds. The van der Waals surface area contributed by atoms with Gasteiger partial charge in [-0.05, 0) is 49.2 Å². The van der Waals surface area contributed by atoms with Crippen molar-refractivity contribution in [3.05, 3.63) is 59.7 Å². The summed E-state index contributed by atoms with van der Waals surface area (Å²) in [6.07, 6.45) is 2.93. The Bertz CT molecular complexity index is 800. The van der Waals surface area contributed by atoms with E-state index in [9.17, 15) is 4.79 Å². The predicted molar refractivity (Wildman–Crippen MR) is 101 cm³/mol. The van der Waals surface area contributed by atoms with Crippen LogP contribution >= 0.6 is 11.8 Å². The van der Waals surface area contributed by atoms with Gasteiger partial charge in [-0.2, -0.15) is 5.26 Å². The van der Waals surface area contributed by atoms with Crippen molar-refractivity contribution in [2.75, 3.05) is 18.0 Å². The van der Waals surface area contributed by atoms with Crippen molar-refractivity contribution in [2.24, 2.45) is 5.73 Å². The van der Waals surface area contributed by atoms with Gasteiger partial charge in [0.1, 0.15) is 5.25 Å². The van der Waals surface area contributed by atoms with Gasteiger partial charge in [0.25, 0.3) is 0 Å². The summed E-state index contributed by atoms with van der Waals surface area (Å²) in [5.74, 6) is 0.0894. The van der Waals surface area contributed by atoms with E-state index in [4.69, 9.17) is 11.0 Å². The van der Waals surface area contributed by atoms with Gasteiger partial charge in [0.2, 0.25) is 5.91 Å². The van der Waals surface area contributed by atoms with Crippen molar-refractivity contribution >= 4 is 23.4 Å². The Hall–Kier alpha value is -2.29. The van der Waals surface area contributed by atoms with Crippen molar-refractivity contribution in [3.63, 3.8) is 0 Å². The number of amides is 1. The van der Waals surface area contributed by atoms with Crippen molar-refractivity contribution < 1.29 is 4.79 Å². The summed E-state index contributed by atoms with van der Waals surface area (Å²) in [5, 5.41) is 8.83. The number of thioether (sulfide) groups is 1. The topological polar surface area (TPSA) is 70.1 Å². The molecule has 0 spiro atoms. The van der Waals surface area contributed by atoms with Crippen LogP contribution < -0.4 is 10.6 Å². The molecule has 0 aromatic heterocycles. The van der Waals surface area contributed by atoms with Crippen LogP contribution in [0.4, 0.5) is 5.69 Å². The standard InChI is InChI=1S/C20H21N3OS/c21-11-4-1-5-12-23-17-9-2-3-10-18(17)25-19(20(23)24)16-8-6-7-15(13-16)14-22/h2-3,6-10,13,19H,1,4-5,11-12,21H2. The molecule has 0 fully saturated rings. The van der Waals surface area contributed by atoms with Gasteiger partial charge < -0.3 is 10.6 Å². The van der Waals surface area contributed by atoms with Gasteiger partial charge in [0.05, 0.1) is 17.3 Å². The number of anilines is 1. The van der Waals surface area contributed by atoms with Crippen molar-refractivity contribution in [1.29, 1.82) is 5.26 Å². The van der Waals surface area contributed by atoms with Gasteiger partial charge in [-0.3, -0.25) is 4.79 Å². The molecular formula is C20H21N3OS. The van der Waals surface area contributed by atoms with E-state index >= 15 is 0 Å². The lowest BCUT2D eigenvalue weighted by Gasteiger charge is -2.34. The molecule has 2 N–H and O–H groups in total. The third-order valence-corrected chi connectivity index (χ3v) is 5.60. The number of rotatable bonds is 6. The number of fused-ring (bicyclic) bond motifs is 1. The Morgan fingerprint density at radius 3 is 2.76 bits per heavy atom. The molecular weight excluding hydrogens is 330 g/mol. The fourth-order valence-corrected chi connectivity index (χ4v) is 4.24. The number of para-hydroxylation sites is 1. The molecule has 25 heavy (non-hydrogen) atoms. The fraction of sp³-hybridized carbons (Fsp3) is 0.300. The Kier molecular flexibility index (Phi) is 5.75. The summed E-state index contributed by atoms with van der Waals surface area (Å²) in [4.78, 5) is 16.1. The molecule has 3 rings (SSSR count). The van der Waals surface area contributed by atoms with Gasteiger partial charge in [-0.25, -0.2) is 0 Å². The average molecular weight is 351 g/mol. The maximum absolute atomic E-state index is 13.1. The second-order valence-corrected chi connectivity index (χ2v) is 7.19. The first-order valence-electron chi connectivity index (χ1n) is 8.52. The van der Waals surface area contributed by atoms with Crippen LogP contribution in [0.3, 0.4) is 0 Å². The van der Waals surface area contributed by atoms with E-state index in [1.54, 1.807) is 17.8 Å². The summed E-state index contributed by atoms with van der Waals surface area (Å²) < 4.78 is 0. The SMILES string of the molecule is N#Cc1cccc(C2Sc3ccccc3N(CCCCCN)C2=O)c1. The minimum absolute atomic E-state index is 0.0894. The Morgan fingerprint density at radius 1 is 1.12 bits per heavy atom. The average Bonchev–Trinajstić information content (AvgIpc) is 2.66. The molecule has 2 aromatic carbocycles. The van der Waals surface area contributed by atoms with Crippen LogP contribution in [0, 0.1) is 11.3 Å². The summed E-state index contributed by atoms with van der Waals surface area (Å²) in [6.45, 7) is 1.38. The molecule has 4 nitrogen and oxygen atoms in total. The van der Waals surface area contributed by atoms with Crippen LogP contribution in [0.1, 0.15) is 35.6 Å². The second kappa shape index (κ2) is 8.19. The number of unbranched alkanes of at least 4 members (excludes halogenated alkanes) is 2. The number of hydrogen-bond acceptors (Lipinski definition) is 4. The number of benzene rings is 2. The van der Waals surface area contributed by atoms with Crippen LogP contribution in [-0.2, 0) is 4.79 Å². The summed E-state index contributed by atoms with van der Waals surface area (Å²) >= 11 is 1.56. The van der Waals surface area contributed by atoms with E-state index in [1.165, 1.54) is 0 Å². The Balaban J connectivity index is 1.89. The maximum Gasteiger partial charge on any atom is 0.245 e. The van der Waals surface area contributed by atoms with Crippen molar-refractivity contribution in [2.45, 2.75) is 29.4 Å². The third kappa shape index (κ3) is 3.87. The molecule has 1 aliphatic rings. The summed E-state index contributed by atoms with van der Waals surface area (Å²) in [5.41, 5.74) is 8.02. The number of hydrogen-bond donors (Lipinski definition) is 1. The number of nitriles is 1. The van der Waals surface area contributed by atoms with Crippen LogP contribution in [0.15, 0.2) is 53.4 Å².